The molecule has 2 aromatic carbocycles. The van der Waals surface area contributed by atoms with E-state index in [1.807, 2.05) is 17.5 Å². The molecule has 0 spiro atoms. The van der Waals surface area contributed by atoms with Crippen LogP contribution < -0.4 is 10.1 Å². The van der Waals surface area contributed by atoms with E-state index in [1.165, 1.54) is 11.3 Å². The van der Waals surface area contributed by atoms with Gasteiger partial charge in [0.05, 0.1) is 12.8 Å². The molecule has 0 aliphatic heterocycles. The monoisotopic (exact) mass is 411 g/mol. The van der Waals surface area contributed by atoms with E-state index in [0.717, 1.165) is 5.56 Å². The topological polar surface area (TPSA) is 77.2 Å². The third kappa shape index (κ3) is 3.76. The number of anilines is 1. The normalized spacial score (nSPS) is 10.6. The van der Waals surface area contributed by atoms with E-state index in [-0.39, 0.29) is 5.91 Å². The molecule has 28 heavy (non-hydrogen) atoms. The van der Waals surface area contributed by atoms with Gasteiger partial charge in [-0.25, -0.2) is 0 Å². The van der Waals surface area contributed by atoms with E-state index in [4.69, 9.17) is 20.9 Å². The fourth-order valence-electron chi connectivity index (χ4n) is 2.54. The molecule has 2 heterocycles. The van der Waals surface area contributed by atoms with Crippen LogP contribution in [-0.4, -0.2) is 23.2 Å². The average Bonchev–Trinajstić information content (AvgIpc) is 3.38. The van der Waals surface area contributed by atoms with Crippen LogP contribution in [-0.2, 0) is 0 Å². The Hall–Kier alpha value is -3.16. The Labute approximate surface area is 169 Å². The number of thiophene rings is 1. The van der Waals surface area contributed by atoms with Crippen LogP contribution in [0.15, 0.2) is 64.5 Å². The fraction of sp³-hybridized carbons (Fsp3) is 0.0500. The van der Waals surface area contributed by atoms with Gasteiger partial charge in [0.25, 0.3) is 11.8 Å². The number of benzene rings is 2. The summed E-state index contributed by atoms with van der Waals surface area (Å²) in [5.74, 6) is 1.24. The second-order valence-electron chi connectivity index (χ2n) is 5.78. The summed E-state index contributed by atoms with van der Waals surface area (Å²) in [4.78, 5) is 17.7. The van der Waals surface area contributed by atoms with Crippen molar-refractivity contribution in [2.45, 2.75) is 0 Å². The molecule has 0 saturated carbocycles. The SMILES string of the molecule is COc1ccc(C(=O)Nc2ccsc2-c2nc(-c3ccc(Cl)cc3)no2)cc1. The third-order valence-corrected chi connectivity index (χ3v) is 5.14. The van der Waals surface area contributed by atoms with E-state index in [9.17, 15) is 4.79 Å². The number of rotatable bonds is 5. The van der Waals surface area contributed by atoms with Crippen molar-refractivity contribution in [3.8, 4) is 27.9 Å². The zero-order valence-electron chi connectivity index (χ0n) is 14.7. The lowest BCUT2D eigenvalue weighted by Crippen LogP contribution is -2.11. The molecule has 4 rings (SSSR count). The summed E-state index contributed by atoms with van der Waals surface area (Å²) in [7, 11) is 1.58. The van der Waals surface area contributed by atoms with Gasteiger partial charge in [0.2, 0.25) is 5.82 Å². The van der Waals surface area contributed by atoms with Gasteiger partial charge in [-0.2, -0.15) is 4.98 Å². The highest BCUT2D eigenvalue weighted by molar-refractivity contribution is 7.14. The summed E-state index contributed by atoms with van der Waals surface area (Å²) < 4.78 is 10.5. The Morgan fingerprint density at radius 3 is 2.57 bits per heavy atom. The number of amides is 1. The van der Waals surface area contributed by atoms with Gasteiger partial charge in [0, 0.05) is 16.1 Å². The summed E-state index contributed by atoms with van der Waals surface area (Å²) in [5.41, 5.74) is 1.92. The Morgan fingerprint density at radius 2 is 1.86 bits per heavy atom. The molecule has 2 aromatic heterocycles. The minimum Gasteiger partial charge on any atom is -0.497 e. The van der Waals surface area contributed by atoms with Crippen molar-refractivity contribution in [3.05, 3.63) is 70.6 Å². The molecule has 6 nitrogen and oxygen atoms in total. The summed E-state index contributed by atoms with van der Waals surface area (Å²) in [6.07, 6.45) is 0. The Bertz CT molecular complexity index is 1100. The number of halogens is 1. The molecule has 1 N–H and O–H groups in total. The third-order valence-electron chi connectivity index (χ3n) is 3.99. The Morgan fingerprint density at radius 1 is 1.11 bits per heavy atom. The van der Waals surface area contributed by atoms with Crippen LogP contribution in [0.5, 0.6) is 5.75 Å². The van der Waals surface area contributed by atoms with Crippen molar-refractivity contribution in [2.75, 3.05) is 12.4 Å². The van der Waals surface area contributed by atoms with Crippen LogP contribution in [0.1, 0.15) is 10.4 Å². The van der Waals surface area contributed by atoms with Gasteiger partial charge in [0.1, 0.15) is 10.6 Å². The second kappa shape index (κ2) is 7.84. The molecule has 8 heteroatoms. The lowest BCUT2D eigenvalue weighted by molar-refractivity contribution is 0.102. The number of carbonyl (C=O) groups excluding carboxylic acids is 1. The molecule has 0 fully saturated rings. The van der Waals surface area contributed by atoms with E-state index in [1.54, 1.807) is 49.6 Å². The van der Waals surface area contributed by atoms with Gasteiger partial charge < -0.3 is 14.6 Å². The van der Waals surface area contributed by atoms with E-state index in [0.29, 0.717) is 38.6 Å². The standard InChI is InChI=1S/C20H14ClN3O3S/c1-26-15-8-4-13(5-9-15)19(25)22-16-10-11-28-17(16)20-23-18(24-27-20)12-2-6-14(21)7-3-12/h2-11H,1H3,(H,22,25). The van der Waals surface area contributed by atoms with Crippen LogP contribution in [0.3, 0.4) is 0 Å². The largest absolute Gasteiger partial charge is 0.497 e. The molecule has 0 saturated heterocycles. The first kappa shape index (κ1) is 18.2. The van der Waals surface area contributed by atoms with E-state index in [2.05, 4.69) is 15.5 Å². The van der Waals surface area contributed by atoms with Gasteiger partial charge in [-0.1, -0.05) is 16.8 Å². The fourth-order valence-corrected chi connectivity index (χ4v) is 3.44. The van der Waals surface area contributed by atoms with Crippen molar-refractivity contribution in [2.24, 2.45) is 0 Å². The molecule has 140 valence electrons. The summed E-state index contributed by atoms with van der Waals surface area (Å²) >= 11 is 7.32. The quantitative estimate of drug-likeness (QED) is 0.477. The summed E-state index contributed by atoms with van der Waals surface area (Å²) in [6.45, 7) is 0. The predicted molar refractivity (Wildman–Crippen MR) is 109 cm³/mol. The first-order valence-electron chi connectivity index (χ1n) is 8.27. The average molecular weight is 412 g/mol. The van der Waals surface area contributed by atoms with Gasteiger partial charge in [0.15, 0.2) is 0 Å². The number of ether oxygens (including phenoxy) is 1. The second-order valence-corrected chi connectivity index (χ2v) is 7.13. The smallest absolute Gasteiger partial charge is 0.270 e. The molecule has 0 radical (unpaired) electrons. The molecular weight excluding hydrogens is 398 g/mol. The molecule has 0 bridgehead atoms. The molecule has 0 aliphatic rings. The zero-order chi connectivity index (χ0) is 19.5. The Kier molecular flexibility index (Phi) is 5.10. The predicted octanol–water partition coefficient (Wildman–Crippen LogP) is 5.38. The first-order valence-corrected chi connectivity index (χ1v) is 9.53. The van der Waals surface area contributed by atoms with Gasteiger partial charge in [-0.3, -0.25) is 4.79 Å². The highest BCUT2D eigenvalue weighted by Gasteiger charge is 2.18. The maximum absolute atomic E-state index is 12.5. The summed E-state index contributed by atoms with van der Waals surface area (Å²) in [5, 5.41) is 9.39. The lowest BCUT2D eigenvalue weighted by Gasteiger charge is -2.05. The molecule has 1 amide bonds. The number of carbonyl (C=O) groups is 1. The van der Waals surface area contributed by atoms with Crippen molar-refractivity contribution in [3.63, 3.8) is 0 Å². The first-order chi connectivity index (χ1) is 13.6. The molecule has 0 atom stereocenters. The van der Waals surface area contributed by atoms with Gasteiger partial charge >= 0.3 is 0 Å². The maximum Gasteiger partial charge on any atom is 0.270 e. The minimum atomic E-state index is -0.236. The number of aromatic nitrogens is 2. The van der Waals surface area contributed by atoms with Crippen molar-refractivity contribution in [1.29, 1.82) is 0 Å². The number of hydrogen-bond donors (Lipinski definition) is 1. The highest BCUT2D eigenvalue weighted by atomic mass is 35.5. The maximum atomic E-state index is 12.5. The number of nitrogens with zero attached hydrogens (tertiary/aromatic N) is 2. The molecular formula is C20H14ClN3O3S. The van der Waals surface area contributed by atoms with Crippen LogP contribution in [0.2, 0.25) is 5.02 Å². The molecule has 0 unspecified atom stereocenters. The molecule has 4 aromatic rings. The van der Waals surface area contributed by atoms with Crippen molar-refractivity contribution >= 4 is 34.5 Å². The van der Waals surface area contributed by atoms with Crippen molar-refractivity contribution < 1.29 is 14.1 Å². The Balaban J connectivity index is 1.55. The minimum absolute atomic E-state index is 0.236. The van der Waals surface area contributed by atoms with Gasteiger partial charge in [-0.15, -0.1) is 11.3 Å². The molecule has 0 aliphatic carbocycles. The van der Waals surface area contributed by atoms with E-state index < -0.39 is 0 Å². The van der Waals surface area contributed by atoms with Crippen LogP contribution in [0.25, 0.3) is 22.2 Å². The highest BCUT2D eigenvalue weighted by Crippen LogP contribution is 2.34. The zero-order valence-corrected chi connectivity index (χ0v) is 16.3. The number of methoxy groups -OCH3 is 1. The lowest BCUT2D eigenvalue weighted by atomic mass is 10.2. The van der Waals surface area contributed by atoms with Crippen molar-refractivity contribution in [1.82, 2.24) is 10.1 Å². The van der Waals surface area contributed by atoms with E-state index >= 15 is 0 Å². The van der Waals surface area contributed by atoms with Crippen LogP contribution in [0.4, 0.5) is 5.69 Å². The number of hydrogen-bond acceptors (Lipinski definition) is 6. The van der Waals surface area contributed by atoms with Gasteiger partial charge in [-0.05, 0) is 60.0 Å². The summed E-state index contributed by atoms with van der Waals surface area (Å²) in [6, 6.07) is 15.8. The van der Waals surface area contributed by atoms with Crippen LogP contribution in [0, 0.1) is 0 Å². The van der Waals surface area contributed by atoms with Crippen LogP contribution >= 0.6 is 22.9 Å². The number of nitrogens with one attached hydrogen (secondary N) is 1.